The van der Waals surface area contributed by atoms with Crippen molar-refractivity contribution in [2.45, 2.75) is 44.2 Å². The first-order valence-electron chi connectivity index (χ1n) is 10.0. The number of imidazole rings is 1. The van der Waals surface area contributed by atoms with Crippen molar-refractivity contribution in [3.63, 3.8) is 0 Å². The molecule has 1 saturated carbocycles. The molecule has 3 heterocycles. The lowest BCUT2D eigenvalue weighted by atomic mass is 9.77. The van der Waals surface area contributed by atoms with Crippen LogP contribution < -0.4 is 10.6 Å². The van der Waals surface area contributed by atoms with E-state index in [2.05, 4.69) is 22.5 Å². The molecule has 1 aromatic rings. The van der Waals surface area contributed by atoms with E-state index in [-0.39, 0.29) is 36.8 Å². The number of amides is 4. The lowest BCUT2D eigenvalue weighted by Crippen LogP contribution is -2.53. The first kappa shape index (κ1) is 21.6. The number of urea groups is 1. The maximum Gasteiger partial charge on any atom is 0.325 e. The number of nitrogens with one attached hydrogen (secondary N) is 2. The predicted octanol–water partition coefficient (Wildman–Crippen LogP) is 0.816. The molecule has 29 heavy (non-hydrogen) atoms. The van der Waals surface area contributed by atoms with Gasteiger partial charge in [0.25, 0.3) is 5.91 Å². The van der Waals surface area contributed by atoms with Gasteiger partial charge in [0.2, 0.25) is 5.91 Å². The number of hydrogen-bond acceptors (Lipinski definition) is 5. The van der Waals surface area contributed by atoms with Crippen molar-refractivity contribution in [1.82, 2.24) is 30.0 Å². The Hall–Kier alpha value is -2.13. The fourth-order valence-electron chi connectivity index (χ4n) is 4.57. The molecule has 0 bridgehead atoms. The summed E-state index contributed by atoms with van der Waals surface area (Å²) in [5.74, 6) is 0.876. The van der Waals surface area contributed by atoms with E-state index in [1.54, 1.807) is 11.1 Å². The zero-order chi connectivity index (χ0) is 19.9. The number of halogens is 1. The molecule has 1 aromatic heterocycles. The van der Waals surface area contributed by atoms with Gasteiger partial charge in [-0.2, -0.15) is 0 Å². The molecule has 1 spiro atoms. The third-order valence-electron chi connectivity index (χ3n) is 6.39. The standard InChI is InChI=1S/C19H28N6O3.ClH/c1-13-3-5-19(6-4-13)17(27)25(18(28)22-19)12-15(26)24-10-7-20-11-14(24)16-21-8-9-23(16)2;/h8-9,13-14,20H,3-7,10-12H2,1-2H3,(H,22,28);1H. The quantitative estimate of drug-likeness (QED) is 0.700. The second-order valence-corrected chi connectivity index (χ2v) is 8.29. The summed E-state index contributed by atoms with van der Waals surface area (Å²) >= 11 is 0. The summed E-state index contributed by atoms with van der Waals surface area (Å²) in [6.45, 7) is 3.73. The number of rotatable bonds is 3. The largest absolute Gasteiger partial charge is 0.336 e. The maximum absolute atomic E-state index is 13.1. The average Bonchev–Trinajstić information content (AvgIpc) is 3.21. The van der Waals surface area contributed by atoms with E-state index >= 15 is 0 Å². The maximum atomic E-state index is 13.1. The van der Waals surface area contributed by atoms with Crippen LogP contribution in [0.4, 0.5) is 4.79 Å². The minimum atomic E-state index is -0.813. The van der Waals surface area contributed by atoms with Crippen LogP contribution in [0, 0.1) is 5.92 Å². The van der Waals surface area contributed by atoms with Crippen LogP contribution in [0.5, 0.6) is 0 Å². The van der Waals surface area contributed by atoms with Gasteiger partial charge in [0.15, 0.2) is 0 Å². The first-order valence-corrected chi connectivity index (χ1v) is 10.0. The van der Waals surface area contributed by atoms with Crippen molar-refractivity contribution >= 4 is 30.3 Å². The highest BCUT2D eigenvalue weighted by atomic mass is 35.5. The first-order chi connectivity index (χ1) is 13.4. The summed E-state index contributed by atoms with van der Waals surface area (Å²) < 4.78 is 1.89. The normalized spacial score (nSPS) is 29.7. The molecule has 0 radical (unpaired) electrons. The predicted molar refractivity (Wildman–Crippen MR) is 108 cm³/mol. The molecule has 3 aliphatic rings. The highest BCUT2D eigenvalue weighted by molar-refractivity contribution is 6.09. The highest BCUT2D eigenvalue weighted by Crippen LogP contribution is 2.36. The van der Waals surface area contributed by atoms with E-state index in [1.165, 1.54) is 0 Å². The number of hydrogen-bond donors (Lipinski definition) is 2. The second kappa shape index (κ2) is 8.31. The summed E-state index contributed by atoms with van der Waals surface area (Å²) in [5, 5.41) is 6.17. The minimum Gasteiger partial charge on any atom is -0.336 e. The number of carbonyl (C=O) groups is 3. The summed E-state index contributed by atoms with van der Waals surface area (Å²) in [7, 11) is 1.89. The Kier molecular flexibility index (Phi) is 6.19. The van der Waals surface area contributed by atoms with Crippen LogP contribution in [0.2, 0.25) is 0 Å². The van der Waals surface area contributed by atoms with Crippen molar-refractivity contribution in [3.05, 3.63) is 18.2 Å². The van der Waals surface area contributed by atoms with Crippen molar-refractivity contribution in [3.8, 4) is 0 Å². The molecule has 0 aromatic carbocycles. The Bertz CT molecular complexity index is 789. The monoisotopic (exact) mass is 424 g/mol. The zero-order valence-corrected chi connectivity index (χ0v) is 17.7. The summed E-state index contributed by atoms with van der Waals surface area (Å²) in [5.41, 5.74) is -0.813. The van der Waals surface area contributed by atoms with Crippen molar-refractivity contribution in [2.24, 2.45) is 13.0 Å². The molecular weight excluding hydrogens is 396 g/mol. The number of nitrogens with zero attached hydrogens (tertiary/aromatic N) is 4. The van der Waals surface area contributed by atoms with E-state index in [0.29, 0.717) is 38.4 Å². The topological polar surface area (TPSA) is 99.6 Å². The van der Waals surface area contributed by atoms with E-state index in [0.717, 1.165) is 23.6 Å². The number of aryl methyl sites for hydroxylation is 1. The van der Waals surface area contributed by atoms with E-state index in [9.17, 15) is 14.4 Å². The fourth-order valence-corrected chi connectivity index (χ4v) is 4.57. The zero-order valence-electron chi connectivity index (χ0n) is 16.9. The molecule has 1 atom stereocenters. The molecule has 2 N–H and O–H groups in total. The van der Waals surface area contributed by atoms with Crippen molar-refractivity contribution in [2.75, 3.05) is 26.2 Å². The number of carbonyl (C=O) groups excluding carboxylic acids is 3. The second-order valence-electron chi connectivity index (χ2n) is 8.29. The van der Waals surface area contributed by atoms with Gasteiger partial charge in [-0.05, 0) is 31.6 Å². The van der Waals surface area contributed by atoms with Crippen molar-refractivity contribution in [1.29, 1.82) is 0 Å². The third kappa shape index (κ3) is 3.85. The molecule has 4 rings (SSSR count). The van der Waals surface area contributed by atoms with E-state index < -0.39 is 11.6 Å². The number of aromatic nitrogens is 2. The van der Waals surface area contributed by atoms with Gasteiger partial charge in [-0.15, -0.1) is 12.4 Å². The van der Waals surface area contributed by atoms with Gasteiger partial charge >= 0.3 is 6.03 Å². The summed E-state index contributed by atoms with van der Waals surface area (Å²) in [6.07, 6.45) is 6.66. The van der Waals surface area contributed by atoms with Gasteiger partial charge in [-0.25, -0.2) is 9.78 Å². The highest BCUT2D eigenvalue weighted by Gasteiger charge is 2.52. The Labute approximate surface area is 176 Å². The van der Waals surface area contributed by atoms with Crippen LogP contribution in [-0.4, -0.2) is 68.9 Å². The van der Waals surface area contributed by atoms with Crippen LogP contribution in [0.25, 0.3) is 0 Å². The number of imide groups is 1. The molecule has 10 heteroatoms. The molecule has 4 amide bonds. The average molecular weight is 425 g/mol. The minimum absolute atomic E-state index is 0. The molecule has 3 fully saturated rings. The molecule has 2 aliphatic heterocycles. The molecule has 1 unspecified atom stereocenters. The van der Waals surface area contributed by atoms with Crippen LogP contribution in [0.15, 0.2) is 12.4 Å². The fraction of sp³-hybridized carbons (Fsp3) is 0.684. The SMILES string of the molecule is CC1CCC2(CC1)NC(=O)N(CC(=O)N1CCNCC1c1nccn1C)C2=O.Cl. The Morgan fingerprint density at radius 2 is 2.03 bits per heavy atom. The Morgan fingerprint density at radius 3 is 2.69 bits per heavy atom. The summed E-state index contributed by atoms with van der Waals surface area (Å²) in [6, 6.07) is -0.664. The molecule has 2 saturated heterocycles. The van der Waals surface area contributed by atoms with Crippen LogP contribution in [-0.2, 0) is 16.6 Å². The molecule has 1 aliphatic carbocycles. The van der Waals surface area contributed by atoms with Crippen LogP contribution >= 0.6 is 12.4 Å². The van der Waals surface area contributed by atoms with E-state index in [1.807, 2.05) is 17.8 Å². The van der Waals surface area contributed by atoms with Crippen LogP contribution in [0.3, 0.4) is 0 Å². The summed E-state index contributed by atoms with van der Waals surface area (Å²) in [4.78, 5) is 45.8. The Balaban J connectivity index is 0.00000240. The third-order valence-corrected chi connectivity index (χ3v) is 6.39. The van der Waals surface area contributed by atoms with Gasteiger partial charge < -0.3 is 20.1 Å². The van der Waals surface area contributed by atoms with Crippen molar-refractivity contribution < 1.29 is 14.4 Å². The molecule has 160 valence electrons. The van der Waals surface area contributed by atoms with Gasteiger partial charge in [0, 0.05) is 39.1 Å². The lowest BCUT2D eigenvalue weighted by Gasteiger charge is -2.36. The lowest BCUT2D eigenvalue weighted by molar-refractivity contribution is -0.141. The van der Waals surface area contributed by atoms with Gasteiger partial charge in [0.05, 0.1) is 0 Å². The molecule has 9 nitrogen and oxygen atoms in total. The Morgan fingerprint density at radius 1 is 1.31 bits per heavy atom. The van der Waals surface area contributed by atoms with Gasteiger partial charge in [0.1, 0.15) is 23.9 Å². The van der Waals surface area contributed by atoms with E-state index in [4.69, 9.17) is 0 Å². The van der Waals surface area contributed by atoms with Gasteiger partial charge in [-0.1, -0.05) is 6.92 Å². The molecular formula is C19H29ClN6O3. The van der Waals surface area contributed by atoms with Crippen LogP contribution in [0.1, 0.15) is 44.5 Å². The van der Waals surface area contributed by atoms with Gasteiger partial charge in [-0.3, -0.25) is 14.5 Å². The smallest absolute Gasteiger partial charge is 0.325 e. The number of piperazine rings is 1.